The van der Waals surface area contributed by atoms with E-state index in [9.17, 15) is 9.59 Å². The molecule has 1 saturated carbocycles. The second-order valence-corrected chi connectivity index (χ2v) is 8.25. The number of amides is 1. The lowest BCUT2D eigenvalue weighted by Gasteiger charge is -2.23. The number of rotatable bonds is 10. The van der Waals surface area contributed by atoms with Gasteiger partial charge >= 0.3 is 0 Å². The highest BCUT2D eigenvalue weighted by Gasteiger charge is 2.23. The number of nitrogens with one attached hydrogen (secondary N) is 1. The second kappa shape index (κ2) is 9.83. The third kappa shape index (κ3) is 5.65. The number of ether oxygens (including phenoxy) is 1. The first kappa shape index (κ1) is 21.8. The summed E-state index contributed by atoms with van der Waals surface area (Å²) in [6, 6.07) is 17.4. The Labute approximate surface area is 188 Å². The molecule has 1 N–H and O–H groups in total. The van der Waals surface area contributed by atoms with Crippen LogP contribution in [-0.4, -0.2) is 29.7 Å². The molecular formula is C26H28N2O4. The Bertz CT molecular complexity index is 1070. The standard InChI is InChI=1S/C26H28N2O4/c1-18(29)21-9-12-25(31-2)22(14-21)16-28(17-24-4-3-13-32-24)15-19-5-7-20(8-6-19)26(30)27-23-10-11-23/h3-9,12-14,23H,10-11,15-17H2,1-2H3,(H,27,30). The molecule has 0 saturated heterocycles. The zero-order valence-electron chi connectivity index (χ0n) is 18.5. The Hall–Kier alpha value is -3.38. The van der Waals surface area contributed by atoms with E-state index in [0.29, 0.717) is 36.8 Å². The molecule has 0 unspecified atom stereocenters. The quantitative estimate of drug-likeness (QED) is 0.475. The number of furan rings is 1. The molecule has 1 aliphatic carbocycles. The molecule has 1 amide bonds. The van der Waals surface area contributed by atoms with E-state index in [1.54, 1.807) is 26.4 Å². The largest absolute Gasteiger partial charge is 0.496 e. The summed E-state index contributed by atoms with van der Waals surface area (Å²) in [5.41, 5.74) is 3.35. The van der Waals surface area contributed by atoms with Crippen molar-refractivity contribution in [3.8, 4) is 5.75 Å². The van der Waals surface area contributed by atoms with E-state index in [1.807, 2.05) is 48.5 Å². The van der Waals surface area contributed by atoms with Gasteiger partial charge in [-0.1, -0.05) is 12.1 Å². The van der Waals surface area contributed by atoms with E-state index >= 15 is 0 Å². The molecule has 32 heavy (non-hydrogen) atoms. The van der Waals surface area contributed by atoms with Crippen molar-refractivity contribution in [3.05, 3.63) is 88.9 Å². The van der Waals surface area contributed by atoms with Crippen LogP contribution in [0.4, 0.5) is 0 Å². The van der Waals surface area contributed by atoms with Gasteiger partial charge in [0.2, 0.25) is 0 Å². The van der Waals surface area contributed by atoms with Gasteiger partial charge in [-0.15, -0.1) is 0 Å². The van der Waals surface area contributed by atoms with Crippen molar-refractivity contribution in [1.82, 2.24) is 10.2 Å². The summed E-state index contributed by atoms with van der Waals surface area (Å²) in [6.07, 6.45) is 3.80. The molecule has 1 aromatic heterocycles. The molecule has 0 spiro atoms. The number of nitrogens with zero attached hydrogens (tertiary/aromatic N) is 1. The number of carbonyl (C=O) groups excluding carboxylic acids is 2. The van der Waals surface area contributed by atoms with Gasteiger partial charge in [-0.25, -0.2) is 0 Å². The van der Waals surface area contributed by atoms with Crippen LogP contribution in [0.15, 0.2) is 65.3 Å². The molecule has 6 nitrogen and oxygen atoms in total. The van der Waals surface area contributed by atoms with Crippen LogP contribution in [0.5, 0.6) is 5.75 Å². The average Bonchev–Trinajstić information content (AvgIpc) is 3.45. The predicted octanol–water partition coefficient (Wildman–Crippen LogP) is 4.59. The molecule has 6 heteroatoms. The van der Waals surface area contributed by atoms with Crippen LogP contribution in [0.1, 0.15) is 57.4 Å². The Morgan fingerprint density at radius 2 is 1.78 bits per heavy atom. The van der Waals surface area contributed by atoms with Gasteiger partial charge in [0, 0.05) is 35.8 Å². The summed E-state index contributed by atoms with van der Waals surface area (Å²) in [6.45, 7) is 3.39. The zero-order chi connectivity index (χ0) is 22.5. The number of ketones is 1. The second-order valence-electron chi connectivity index (χ2n) is 8.25. The maximum atomic E-state index is 12.3. The summed E-state index contributed by atoms with van der Waals surface area (Å²) in [5.74, 6) is 1.60. The smallest absolute Gasteiger partial charge is 0.251 e. The van der Waals surface area contributed by atoms with Crippen LogP contribution in [0.25, 0.3) is 0 Å². The van der Waals surface area contributed by atoms with Crippen molar-refractivity contribution >= 4 is 11.7 Å². The fraction of sp³-hybridized carbons (Fsp3) is 0.308. The normalized spacial score (nSPS) is 13.2. The Balaban J connectivity index is 1.52. The molecule has 0 bridgehead atoms. The molecule has 3 aromatic rings. The molecule has 0 aliphatic heterocycles. The average molecular weight is 433 g/mol. The lowest BCUT2D eigenvalue weighted by Crippen LogP contribution is -2.25. The topological polar surface area (TPSA) is 71.8 Å². The maximum absolute atomic E-state index is 12.3. The summed E-state index contributed by atoms with van der Waals surface area (Å²) >= 11 is 0. The van der Waals surface area contributed by atoms with Crippen molar-refractivity contribution < 1.29 is 18.7 Å². The van der Waals surface area contributed by atoms with Crippen LogP contribution in [-0.2, 0) is 19.6 Å². The van der Waals surface area contributed by atoms with Crippen molar-refractivity contribution in [2.24, 2.45) is 0 Å². The van der Waals surface area contributed by atoms with E-state index in [1.165, 1.54) is 0 Å². The predicted molar refractivity (Wildman–Crippen MR) is 122 cm³/mol. The van der Waals surface area contributed by atoms with Gasteiger partial charge in [0.05, 0.1) is 19.9 Å². The van der Waals surface area contributed by atoms with Crippen LogP contribution < -0.4 is 10.1 Å². The fourth-order valence-corrected chi connectivity index (χ4v) is 3.67. The first-order chi connectivity index (χ1) is 15.5. The van der Waals surface area contributed by atoms with E-state index in [2.05, 4.69) is 10.2 Å². The minimum Gasteiger partial charge on any atom is -0.496 e. The summed E-state index contributed by atoms with van der Waals surface area (Å²) in [4.78, 5) is 26.4. The summed E-state index contributed by atoms with van der Waals surface area (Å²) in [7, 11) is 1.63. The van der Waals surface area contributed by atoms with Gasteiger partial charge in [-0.2, -0.15) is 0 Å². The van der Waals surface area contributed by atoms with Crippen molar-refractivity contribution in [3.63, 3.8) is 0 Å². The van der Waals surface area contributed by atoms with Crippen LogP contribution in [0, 0.1) is 0 Å². The molecule has 0 atom stereocenters. The highest BCUT2D eigenvalue weighted by Crippen LogP contribution is 2.24. The molecule has 1 heterocycles. The van der Waals surface area contributed by atoms with Crippen LogP contribution >= 0.6 is 0 Å². The highest BCUT2D eigenvalue weighted by molar-refractivity contribution is 5.95. The van der Waals surface area contributed by atoms with E-state index in [0.717, 1.165) is 35.5 Å². The molecule has 2 aromatic carbocycles. The maximum Gasteiger partial charge on any atom is 0.251 e. The van der Waals surface area contributed by atoms with Crippen molar-refractivity contribution in [2.45, 2.75) is 45.4 Å². The monoisotopic (exact) mass is 432 g/mol. The fourth-order valence-electron chi connectivity index (χ4n) is 3.67. The number of carbonyl (C=O) groups is 2. The Morgan fingerprint density at radius 3 is 2.41 bits per heavy atom. The third-order valence-electron chi connectivity index (χ3n) is 5.58. The van der Waals surface area contributed by atoms with E-state index in [-0.39, 0.29) is 11.7 Å². The summed E-state index contributed by atoms with van der Waals surface area (Å²) < 4.78 is 11.1. The van der Waals surface area contributed by atoms with Gasteiger partial charge in [0.15, 0.2) is 5.78 Å². The number of hydrogen-bond acceptors (Lipinski definition) is 5. The first-order valence-electron chi connectivity index (χ1n) is 10.8. The summed E-state index contributed by atoms with van der Waals surface area (Å²) in [5, 5.41) is 3.02. The minimum absolute atomic E-state index is 0.0164. The molecule has 0 radical (unpaired) electrons. The molecule has 166 valence electrons. The highest BCUT2D eigenvalue weighted by atomic mass is 16.5. The van der Waals surface area contributed by atoms with Gasteiger partial charge in [0.1, 0.15) is 11.5 Å². The van der Waals surface area contributed by atoms with Crippen LogP contribution in [0.3, 0.4) is 0 Å². The Morgan fingerprint density at radius 1 is 1.03 bits per heavy atom. The first-order valence-corrected chi connectivity index (χ1v) is 10.8. The molecule has 1 aliphatic rings. The number of methoxy groups -OCH3 is 1. The van der Waals surface area contributed by atoms with E-state index in [4.69, 9.17) is 9.15 Å². The van der Waals surface area contributed by atoms with Gasteiger partial charge in [-0.3, -0.25) is 14.5 Å². The third-order valence-corrected chi connectivity index (χ3v) is 5.58. The zero-order valence-corrected chi connectivity index (χ0v) is 18.5. The van der Waals surface area contributed by atoms with Gasteiger partial charge in [0.25, 0.3) is 5.91 Å². The lowest BCUT2D eigenvalue weighted by atomic mass is 10.1. The van der Waals surface area contributed by atoms with Crippen molar-refractivity contribution in [1.29, 1.82) is 0 Å². The number of benzene rings is 2. The molecule has 4 rings (SSSR count). The lowest BCUT2D eigenvalue weighted by molar-refractivity contribution is 0.0950. The van der Waals surface area contributed by atoms with Gasteiger partial charge in [-0.05, 0) is 67.8 Å². The Kier molecular flexibility index (Phi) is 6.71. The van der Waals surface area contributed by atoms with Crippen LogP contribution in [0.2, 0.25) is 0 Å². The molecule has 1 fully saturated rings. The molecular weight excluding hydrogens is 404 g/mol. The minimum atomic E-state index is -0.0164. The SMILES string of the molecule is COc1ccc(C(C)=O)cc1CN(Cc1ccc(C(=O)NC2CC2)cc1)Cc1ccco1. The number of hydrogen-bond donors (Lipinski definition) is 1. The van der Waals surface area contributed by atoms with Crippen molar-refractivity contribution in [2.75, 3.05) is 7.11 Å². The van der Waals surface area contributed by atoms with E-state index < -0.39 is 0 Å². The van der Waals surface area contributed by atoms with Gasteiger partial charge < -0.3 is 14.5 Å². The number of Topliss-reactive ketones (excluding diaryl/α,β-unsaturated/α-hetero) is 1.